The number of hydrogen-bond acceptors (Lipinski definition) is 7. The summed E-state index contributed by atoms with van der Waals surface area (Å²) >= 11 is 5.82. The first kappa shape index (κ1) is 23.9. The standard InChI is InChI=1S/C25H31N7OS/c1-20(2)9-11-31-24(18-33-22-6-4-3-5-7-22)28-32(25(31)34)19-29-12-14-30(15-13-29)23-16-21(17-26)8-10-27-23/h3-8,10,16,20H,9,11-15,18-19H2,1-2H3. The van der Waals surface area contributed by atoms with Crippen molar-refractivity contribution in [1.82, 2.24) is 24.2 Å². The smallest absolute Gasteiger partial charge is 0.199 e. The third kappa shape index (κ3) is 6.01. The Morgan fingerprint density at radius 2 is 1.88 bits per heavy atom. The van der Waals surface area contributed by atoms with Crippen molar-refractivity contribution in [2.45, 2.75) is 40.1 Å². The molecule has 178 valence electrons. The van der Waals surface area contributed by atoms with Crippen LogP contribution in [0.5, 0.6) is 5.75 Å². The van der Waals surface area contributed by atoms with E-state index in [1.807, 2.05) is 41.1 Å². The van der Waals surface area contributed by atoms with Crippen LogP contribution in [0, 0.1) is 22.0 Å². The van der Waals surface area contributed by atoms with Gasteiger partial charge in [-0.25, -0.2) is 9.67 Å². The molecule has 0 saturated carbocycles. The van der Waals surface area contributed by atoms with Crippen LogP contribution in [0.25, 0.3) is 0 Å². The summed E-state index contributed by atoms with van der Waals surface area (Å²) in [6.07, 6.45) is 2.73. The normalized spacial score (nSPS) is 14.4. The Morgan fingerprint density at radius 1 is 1.12 bits per heavy atom. The topological polar surface area (TPSA) is 75.1 Å². The van der Waals surface area contributed by atoms with Crippen molar-refractivity contribution < 1.29 is 4.74 Å². The van der Waals surface area contributed by atoms with Crippen molar-refractivity contribution in [3.63, 3.8) is 0 Å². The third-order valence-corrected chi connectivity index (χ3v) is 6.38. The zero-order valence-corrected chi connectivity index (χ0v) is 20.6. The molecule has 0 spiro atoms. The van der Waals surface area contributed by atoms with Crippen molar-refractivity contribution in [2.75, 3.05) is 31.1 Å². The molecule has 3 heterocycles. The van der Waals surface area contributed by atoms with Crippen LogP contribution in [0.2, 0.25) is 0 Å². The maximum atomic E-state index is 9.15. The molecule has 0 radical (unpaired) electrons. The zero-order valence-electron chi connectivity index (χ0n) is 19.8. The maximum absolute atomic E-state index is 9.15. The Balaban J connectivity index is 1.43. The van der Waals surface area contributed by atoms with E-state index in [0.29, 0.717) is 24.8 Å². The molecule has 1 saturated heterocycles. The van der Waals surface area contributed by atoms with E-state index in [1.54, 1.807) is 12.3 Å². The minimum Gasteiger partial charge on any atom is -0.486 e. The fourth-order valence-electron chi connectivity index (χ4n) is 3.93. The molecule has 0 atom stereocenters. The Bertz CT molecular complexity index is 1170. The second-order valence-electron chi connectivity index (χ2n) is 8.90. The number of hydrogen-bond donors (Lipinski definition) is 0. The molecule has 8 nitrogen and oxygen atoms in total. The van der Waals surface area contributed by atoms with Gasteiger partial charge in [-0.1, -0.05) is 32.0 Å². The Hall–Kier alpha value is -3.22. The number of ether oxygens (including phenoxy) is 1. The third-order valence-electron chi connectivity index (χ3n) is 5.95. The lowest BCUT2D eigenvalue weighted by atomic mass is 10.1. The SMILES string of the molecule is CC(C)CCn1c(COc2ccccc2)nn(CN2CCN(c3cc(C#N)ccn3)CC2)c1=S. The van der Waals surface area contributed by atoms with Gasteiger partial charge in [-0.05, 0) is 48.8 Å². The second-order valence-corrected chi connectivity index (χ2v) is 9.26. The molecule has 0 N–H and O–H groups in total. The first-order valence-electron chi connectivity index (χ1n) is 11.7. The summed E-state index contributed by atoms with van der Waals surface area (Å²) in [5, 5.41) is 14.0. The highest BCUT2D eigenvalue weighted by Crippen LogP contribution is 2.17. The van der Waals surface area contributed by atoms with Gasteiger partial charge in [0.05, 0.1) is 18.3 Å². The van der Waals surface area contributed by atoms with Crippen LogP contribution in [0.15, 0.2) is 48.7 Å². The molecule has 1 aliphatic heterocycles. The quantitative estimate of drug-likeness (QED) is 0.430. The van der Waals surface area contributed by atoms with E-state index in [-0.39, 0.29) is 0 Å². The predicted octanol–water partition coefficient (Wildman–Crippen LogP) is 4.09. The average molecular weight is 478 g/mol. The Kier molecular flexibility index (Phi) is 7.93. The van der Waals surface area contributed by atoms with E-state index in [2.05, 4.69) is 39.3 Å². The Labute approximate surface area is 206 Å². The molecular formula is C25H31N7OS. The first-order valence-corrected chi connectivity index (χ1v) is 12.1. The highest BCUT2D eigenvalue weighted by atomic mass is 32.1. The molecule has 1 fully saturated rings. The van der Waals surface area contributed by atoms with Crippen molar-refractivity contribution in [2.24, 2.45) is 5.92 Å². The molecule has 4 rings (SSSR count). The molecule has 9 heteroatoms. The summed E-state index contributed by atoms with van der Waals surface area (Å²) in [6.45, 7) is 9.71. The van der Waals surface area contributed by atoms with Gasteiger partial charge in [0, 0.05) is 38.9 Å². The average Bonchev–Trinajstić information content (AvgIpc) is 3.16. The lowest BCUT2D eigenvalue weighted by Crippen LogP contribution is -2.47. The summed E-state index contributed by atoms with van der Waals surface area (Å²) in [5.74, 6) is 3.11. The van der Waals surface area contributed by atoms with Crippen LogP contribution in [0.1, 0.15) is 31.7 Å². The fourth-order valence-corrected chi connectivity index (χ4v) is 4.23. The van der Waals surface area contributed by atoms with E-state index in [4.69, 9.17) is 27.3 Å². The Morgan fingerprint density at radius 3 is 2.59 bits per heavy atom. The molecule has 34 heavy (non-hydrogen) atoms. The number of benzene rings is 1. The van der Waals surface area contributed by atoms with Gasteiger partial charge in [0.25, 0.3) is 0 Å². The largest absolute Gasteiger partial charge is 0.486 e. The fraction of sp³-hybridized carbons (Fsp3) is 0.440. The number of aromatic nitrogens is 4. The molecule has 0 amide bonds. The van der Waals surface area contributed by atoms with E-state index in [1.165, 1.54) is 0 Å². The van der Waals surface area contributed by atoms with Crippen molar-refractivity contribution in [3.05, 3.63) is 64.8 Å². The van der Waals surface area contributed by atoms with Gasteiger partial charge in [-0.2, -0.15) is 10.4 Å². The number of nitrogens with zero attached hydrogens (tertiary/aromatic N) is 7. The van der Waals surface area contributed by atoms with Gasteiger partial charge >= 0.3 is 0 Å². The highest BCUT2D eigenvalue weighted by molar-refractivity contribution is 7.71. The van der Waals surface area contributed by atoms with Crippen LogP contribution in [0.3, 0.4) is 0 Å². The van der Waals surface area contributed by atoms with Crippen molar-refractivity contribution in [3.8, 4) is 11.8 Å². The predicted molar refractivity (Wildman–Crippen MR) is 134 cm³/mol. The minimum atomic E-state index is 0.382. The van der Waals surface area contributed by atoms with Crippen molar-refractivity contribution >= 4 is 18.0 Å². The van der Waals surface area contributed by atoms with Crippen LogP contribution < -0.4 is 9.64 Å². The minimum absolute atomic E-state index is 0.382. The molecule has 3 aromatic rings. The van der Waals surface area contributed by atoms with Crippen LogP contribution in [-0.4, -0.2) is 50.4 Å². The molecular weight excluding hydrogens is 446 g/mol. The number of anilines is 1. The van der Waals surface area contributed by atoms with E-state index >= 15 is 0 Å². The number of rotatable bonds is 9. The summed E-state index contributed by atoms with van der Waals surface area (Å²) in [4.78, 5) is 9.00. The molecule has 2 aromatic heterocycles. The highest BCUT2D eigenvalue weighted by Gasteiger charge is 2.20. The summed E-state index contributed by atoms with van der Waals surface area (Å²) in [7, 11) is 0. The van der Waals surface area contributed by atoms with E-state index in [9.17, 15) is 0 Å². The molecule has 0 bridgehead atoms. The lowest BCUT2D eigenvalue weighted by Gasteiger charge is -2.35. The van der Waals surface area contributed by atoms with Crippen LogP contribution in [-0.2, 0) is 19.8 Å². The maximum Gasteiger partial charge on any atom is 0.199 e. The molecule has 1 aliphatic rings. The van der Waals surface area contributed by atoms with Crippen molar-refractivity contribution in [1.29, 1.82) is 5.26 Å². The first-order chi connectivity index (χ1) is 16.5. The van der Waals surface area contributed by atoms with Gasteiger partial charge < -0.3 is 14.2 Å². The lowest BCUT2D eigenvalue weighted by molar-refractivity contribution is 0.192. The van der Waals surface area contributed by atoms with Gasteiger partial charge in [0.1, 0.15) is 18.2 Å². The molecule has 1 aromatic carbocycles. The second kappa shape index (κ2) is 11.3. The number of piperazine rings is 1. The van der Waals surface area contributed by atoms with E-state index in [0.717, 1.165) is 61.3 Å². The number of para-hydroxylation sites is 1. The summed E-state index contributed by atoms with van der Waals surface area (Å²) < 4.78 is 10.8. The van der Waals surface area contributed by atoms with Gasteiger partial charge in [0.15, 0.2) is 10.6 Å². The van der Waals surface area contributed by atoms with Gasteiger partial charge in [-0.3, -0.25) is 4.90 Å². The summed E-state index contributed by atoms with van der Waals surface area (Å²) in [6, 6.07) is 15.6. The van der Waals surface area contributed by atoms with Crippen LogP contribution >= 0.6 is 12.2 Å². The monoisotopic (exact) mass is 477 g/mol. The van der Waals surface area contributed by atoms with E-state index < -0.39 is 0 Å². The number of nitriles is 1. The van der Waals surface area contributed by atoms with Crippen LogP contribution in [0.4, 0.5) is 5.82 Å². The molecule has 0 aliphatic carbocycles. The zero-order chi connectivity index (χ0) is 23.9. The number of pyridine rings is 1. The molecule has 0 unspecified atom stereocenters. The van der Waals surface area contributed by atoms with Gasteiger partial charge in [-0.15, -0.1) is 0 Å². The van der Waals surface area contributed by atoms with Gasteiger partial charge in [0.2, 0.25) is 0 Å². The summed E-state index contributed by atoms with van der Waals surface area (Å²) in [5.41, 5.74) is 0.635.